The maximum atomic E-state index is 5.02. The van der Waals surface area contributed by atoms with Crippen LogP contribution in [0.4, 0.5) is 22.7 Å². The van der Waals surface area contributed by atoms with Crippen LogP contribution in [0.2, 0.25) is 0 Å². The number of nitrogens with one attached hydrogen (secondary N) is 2. The van der Waals surface area contributed by atoms with Gasteiger partial charge in [0.05, 0.1) is 34.2 Å². The quantitative estimate of drug-likeness (QED) is 0.192. The molecule has 0 aliphatic carbocycles. The number of hydrogen-bond acceptors (Lipinski definition) is 4. The van der Waals surface area contributed by atoms with Crippen molar-refractivity contribution in [1.82, 2.24) is 9.97 Å². The van der Waals surface area contributed by atoms with Gasteiger partial charge in [0.2, 0.25) is 0 Å². The van der Waals surface area contributed by atoms with Crippen LogP contribution in [0.25, 0.3) is 45.0 Å². The van der Waals surface area contributed by atoms with Crippen molar-refractivity contribution in [3.63, 3.8) is 0 Å². The second-order valence-electron chi connectivity index (χ2n) is 10.5. The summed E-state index contributed by atoms with van der Waals surface area (Å²) in [6, 6.07) is 57.8. The third kappa shape index (κ3) is 6.10. The smallest absolute Gasteiger partial charge is 0.0730 e. The van der Waals surface area contributed by atoms with E-state index in [1.54, 1.807) is 0 Å². The van der Waals surface area contributed by atoms with Crippen molar-refractivity contribution in [2.45, 2.75) is 0 Å². The molecule has 0 bridgehead atoms. The van der Waals surface area contributed by atoms with Crippen molar-refractivity contribution >= 4 is 22.7 Å². The van der Waals surface area contributed by atoms with Gasteiger partial charge >= 0.3 is 0 Å². The van der Waals surface area contributed by atoms with Gasteiger partial charge in [0, 0.05) is 33.6 Å². The van der Waals surface area contributed by atoms with E-state index in [0.717, 1.165) is 67.8 Å². The molecule has 0 saturated heterocycles. The van der Waals surface area contributed by atoms with Crippen LogP contribution >= 0.6 is 0 Å². The number of benzene rings is 5. The Kier molecular flexibility index (Phi) is 7.62. The predicted molar refractivity (Wildman–Crippen MR) is 183 cm³/mol. The van der Waals surface area contributed by atoms with Crippen LogP contribution in [0.3, 0.4) is 0 Å². The molecule has 0 amide bonds. The van der Waals surface area contributed by atoms with Gasteiger partial charge in [-0.25, -0.2) is 9.97 Å². The molecule has 0 unspecified atom stereocenters. The topological polar surface area (TPSA) is 49.8 Å². The first-order valence-corrected chi connectivity index (χ1v) is 14.7. The number of hydrogen-bond donors (Lipinski definition) is 2. The molecule has 0 aliphatic rings. The third-order valence-corrected chi connectivity index (χ3v) is 7.41. The SMILES string of the molecule is c1ccc(-c2cc(Nc3ccccc3Nc3cc(-c4ccccc4)nc(-c4ccccc4)c3)cc(-c3ccccc3)n2)cc1. The summed E-state index contributed by atoms with van der Waals surface area (Å²) < 4.78 is 0. The average molecular weight is 567 g/mol. The van der Waals surface area contributed by atoms with Gasteiger partial charge in [0.1, 0.15) is 0 Å². The lowest BCUT2D eigenvalue weighted by atomic mass is 10.1. The fourth-order valence-electron chi connectivity index (χ4n) is 5.24. The van der Waals surface area contributed by atoms with Crippen LogP contribution in [0.15, 0.2) is 170 Å². The second-order valence-corrected chi connectivity index (χ2v) is 10.5. The summed E-state index contributed by atoms with van der Waals surface area (Å²) in [6.45, 7) is 0. The minimum absolute atomic E-state index is 0.911. The van der Waals surface area contributed by atoms with E-state index in [4.69, 9.17) is 9.97 Å². The highest BCUT2D eigenvalue weighted by atomic mass is 15.0. The number of para-hydroxylation sites is 2. The molecule has 44 heavy (non-hydrogen) atoms. The van der Waals surface area contributed by atoms with E-state index in [-0.39, 0.29) is 0 Å². The molecule has 4 heteroatoms. The maximum absolute atomic E-state index is 5.02. The molecular formula is C40H30N4. The largest absolute Gasteiger partial charge is 0.354 e. The zero-order valence-electron chi connectivity index (χ0n) is 24.1. The fraction of sp³-hybridized carbons (Fsp3) is 0. The first-order chi connectivity index (χ1) is 21.8. The minimum Gasteiger partial charge on any atom is -0.354 e. The first-order valence-electron chi connectivity index (χ1n) is 14.7. The van der Waals surface area contributed by atoms with Gasteiger partial charge in [-0.3, -0.25) is 0 Å². The fourth-order valence-corrected chi connectivity index (χ4v) is 5.24. The van der Waals surface area contributed by atoms with Crippen molar-refractivity contribution in [2.24, 2.45) is 0 Å². The lowest BCUT2D eigenvalue weighted by molar-refractivity contribution is 1.31. The number of nitrogens with zero attached hydrogens (tertiary/aromatic N) is 2. The van der Waals surface area contributed by atoms with Gasteiger partial charge < -0.3 is 10.6 Å². The standard InChI is InChI=1S/C40H30N4/c1-5-15-29(16-6-1)37-25-33(26-38(43-37)30-17-7-2-8-18-30)41-35-23-13-14-24-36(35)42-34-27-39(31-19-9-3-10-20-31)44-40(28-34)32-21-11-4-12-22-32/h1-28H,(H,41,43)(H,42,44). The van der Waals surface area contributed by atoms with E-state index >= 15 is 0 Å². The van der Waals surface area contributed by atoms with E-state index < -0.39 is 0 Å². The highest BCUT2D eigenvalue weighted by Crippen LogP contribution is 2.34. The average Bonchev–Trinajstić information content (AvgIpc) is 3.10. The van der Waals surface area contributed by atoms with E-state index in [1.807, 2.05) is 84.9 Å². The summed E-state index contributed by atoms with van der Waals surface area (Å²) in [5.74, 6) is 0. The van der Waals surface area contributed by atoms with Crippen LogP contribution in [0, 0.1) is 0 Å². The summed E-state index contributed by atoms with van der Waals surface area (Å²) in [5, 5.41) is 7.38. The van der Waals surface area contributed by atoms with Crippen molar-refractivity contribution in [1.29, 1.82) is 0 Å². The predicted octanol–water partition coefficient (Wildman–Crippen LogP) is 10.6. The molecule has 4 nitrogen and oxygen atoms in total. The van der Waals surface area contributed by atoms with Gasteiger partial charge in [0.15, 0.2) is 0 Å². The molecule has 7 aromatic rings. The van der Waals surface area contributed by atoms with E-state index in [0.29, 0.717) is 0 Å². The van der Waals surface area contributed by atoms with Gasteiger partial charge in [0.25, 0.3) is 0 Å². The van der Waals surface area contributed by atoms with Crippen molar-refractivity contribution < 1.29 is 0 Å². The third-order valence-electron chi connectivity index (χ3n) is 7.41. The Hall–Kier alpha value is -6.00. The van der Waals surface area contributed by atoms with Crippen LogP contribution < -0.4 is 10.6 Å². The highest BCUT2D eigenvalue weighted by Gasteiger charge is 2.12. The number of aromatic nitrogens is 2. The Morgan fingerprint density at radius 3 is 0.818 bits per heavy atom. The molecule has 0 atom stereocenters. The molecule has 7 rings (SSSR count). The molecular weight excluding hydrogens is 536 g/mol. The lowest BCUT2D eigenvalue weighted by Gasteiger charge is -2.17. The molecule has 5 aromatic carbocycles. The second kappa shape index (κ2) is 12.5. The molecule has 0 aliphatic heterocycles. The summed E-state index contributed by atoms with van der Waals surface area (Å²) in [4.78, 5) is 10.0. The Bertz CT molecular complexity index is 1730. The Morgan fingerprint density at radius 2 is 0.545 bits per heavy atom. The Morgan fingerprint density at radius 1 is 0.295 bits per heavy atom. The van der Waals surface area contributed by atoms with Gasteiger partial charge in [-0.1, -0.05) is 133 Å². The molecule has 0 spiro atoms. The molecule has 0 saturated carbocycles. The summed E-state index contributed by atoms with van der Waals surface area (Å²) in [5.41, 5.74) is 11.7. The van der Waals surface area contributed by atoms with Gasteiger partial charge in [-0.2, -0.15) is 0 Å². The molecule has 210 valence electrons. The number of pyridine rings is 2. The highest BCUT2D eigenvalue weighted by molar-refractivity contribution is 5.83. The van der Waals surface area contributed by atoms with Crippen LogP contribution in [0.5, 0.6) is 0 Å². The minimum atomic E-state index is 0.911. The van der Waals surface area contributed by atoms with Crippen LogP contribution in [-0.2, 0) is 0 Å². The van der Waals surface area contributed by atoms with E-state index in [9.17, 15) is 0 Å². The first kappa shape index (κ1) is 26.9. The number of anilines is 4. The molecule has 0 fully saturated rings. The summed E-state index contributed by atoms with van der Waals surface area (Å²) >= 11 is 0. The van der Waals surface area contributed by atoms with Crippen LogP contribution in [-0.4, -0.2) is 9.97 Å². The Balaban J connectivity index is 1.27. The summed E-state index contributed by atoms with van der Waals surface area (Å²) in [6.07, 6.45) is 0. The summed E-state index contributed by atoms with van der Waals surface area (Å²) in [7, 11) is 0. The monoisotopic (exact) mass is 566 g/mol. The van der Waals surface area contributed by atoms with Crippen molar-refractivity contribution in [3.8, 4) is 45.0 Å². The van der Waals surface area contributed by atoms with E-state index in [2.05, 4.69) is 95.6 Å². The molecule has 0 radical (unpaired) electrons. The number of rotatable bonds is 8. The molecule has 2 heterocycles. The molecule has 2 N–H and O–H groups in total. The zero-order valence-corrected chi connectivity index (χ0v) is 24.1. The maximum Gasteiger partial charge on any atom is 0.0730 e. The van der Waals surface area contributed by atoms with Crippen LogP contribution in [0.1, 0.15) is 0 Å². The van der Waals surface area contributed by atoms with Crippen molar-refractivity contribution in [3.05, 3.63) is 170 Å². The Labute approximate surface area is 257 Å². The molecule has 2 aromatic heterocycles. The van der Waals surface area contributed by atoms with Gasteiger partial charge in [-0.05, 0) is 36.4 Å². The van der Waals surface area contributed by atoms with Crippen molar-refractivity contribution in [2.75, 3.05) is 10.6 Å². The van der Waals surface area contributed by atoms with E-state index in [1.165, 1.54) is 0 Å². The zero-order chi connectivity index (χ0) is 29.6. The normalized spacial score (nSPS) is 10.7. The van der Waals surface area contributed by atoms with Gasteiger partial charge in [-0.15, -0.1) is 0 Å². The lowest BCUT2D eigenvalue weighted by Crippen LogP contribution is -2.00.